The third kappa shape index (κ3) is 3.24. The molecule has 0 saturated heterocycles. The number of hydrogen-bond donors (Lipinski definition) is 2. The summed E-state index contributed by atoms with van der Waals surface area (Å²) < 4.78 is 5.32. The Hall–Kier alpha value is -1.55. The smallest absolute Gasteiger partial charge is 0.344 e. The van der Waals surface area contributed by atoms with Gasteiger partial charge < -0.3 is 15.6 Å². The molecule has 0 heterocycles. The molecule has 0 spiro atoms. The zero-order valence-electron chi connectivity index (χ0n) is 9.51. The van der Waals surface area contributed by atoms with Crippen LogP contribution in [0.15, 0.2) is 24.3 Å². The Morgan fingerprint density at radius 3 is 2.38 bits per heavy atom. The van der Waals surface area contributed by atoms with Gasteiger partial charge in [0.1, 0.15) is 5.75 Å². The molecule has 0 aromatic heterocycles. The first kappa shape index (κ1) is 12.5. The molecule has 4 nitrogen and oxygen atoms in total. The highest BCUT2D eigenvalue weighted by atomic mass is 16.5. The summed E-state index contributed by atoms with van der Waals surface area (Å²) in [4.78, 5) is 10.8. The van der Waals surface area contributed by atoms with Crippen molar-refractivity contribution in [2.24, 2.45) is 5.73 Å². The predicted molar refractivity (Wildman–Crippen MR) is 61.4 cm³/mol. The lowest BCUT2D eigenvalue weighted by molar-refractivity contribution is -0.145. The summed E-state index contributed by atoms with van der Waals surface area (Å²) in [5, 5.41) is 8.83. The zero-order chi connectivity index (χ0) is 12.1. The third-order valence-corrected chi connectivity index (χ3v) is 2.33. The van der Waals surface area contributed by atoms with E-state index in [-0.39, 0.29) is 6.04 Å². The molecule has 3 N–H and O–H groups in total. The van der Waals surface area contributed by atoms with Crippen LogP contribution < -0.4 is 10.5 Å². The Morgan fingerprint density at radius 1 is 1.44 bits per heavy atom. The lowest BCUT2D eigenvalue weighted by atomic mass is 10.1. The van der Waals surface area contributed by atoms with Gasteiger partial charge in [-0.25, -0.2) is 4.79 Å². The first-order valence-electron chi connectivity index (χ1n) is 5.29. The Morgan fingerprint density at radius 2 is 2.00 bits per heavy atom. The van der Waals surface area contributed by atoms with Gasteiger partial charge in [-0.3, -0.25) is 0 Å². The largest absolute Gasteiger partial charge is 0.479 e. The predicted octanol–water partition coefficient (Wildman–Crippen LogP) is 1.95. The van der Waals surface area contributed by atoms with Crippen LogP contribution in [0, 0.1) is 0 Å². The summed E-state index contributed by atoms with van der Waals surface area (Å²) in [6, 6.07) is 7.13. The lowest BCUT2D eigenvalue weighted by Crippen LogP contribution is -2.25. The second-order valence-electron chi connectivity index (χ2n) is 3.71. The van der Waals surface area contributed by atoms with E-state index in [0.29, 0.717) is 12.2 Å². The molecule has 0 amide bonds. The van der Waals surface area contributed by atoms with Crippen molar-refractivity contribution in [3.8, 4) is 5.75 Å². The molecule has 0 bridgehead atoms. The van der Waals surface area contributed by atoms with E-state index in [1.54, 1.807) is 19.1 Å². The van der Waals surface area contributed by atoms with Gasteiger partial charge in [0.2, 0.25) is 0 Å². The summed E-state index contributed by atoms with van der Waals surface area (Å²) in [7, 11) is 0. The highest BCUT2D eigenvalue weighted by Crippen LogP contribution is 2.17. The Kier molecular flexibility index (Phi) is 4.31. The summed E-state index contributed by atoms with van der Waals surface area (Å²) in [5.41, 5.74) is 6.70. The number of carbonyl (C=O) groups is 1. The minimum Gasteiger partial charge on any atom is -0.479 e. The van der Waals surface area contributed by atoms with Gasteiger partial charge in [-0.1, -0.05) is 19.1 Å². The second kappa shape index (κ2) is 5.51. The summed E-state index contributed by atoms with van der Waals surface area (Å²) in [6.07, 6.45) is -0.356. The molecule has 1 aromatic rings. The standard InChI is InChI=1S/C12H17NO3/c1-3-11(12(14)15)16-10-6-4-9(5-7-10)8(2)13/h4-8,11H,3,13H2,1-2H3,(H,14,15)/t8-,11?/m0/s1. The fourth-order valence-electron chi connectivity index (χ4n) is 1.32. The van der Waals surface area contributed by atoms with Gasteiger partial charge in [-0.05, 0) is 31.0 Å². The molecule has 0 saturated carbocycles. The molecule has 0 aliphatic heterocycles. The van der Waals surface area contributed by atoms with Gasteiger partial charge >= 0.3 is 5.97 Å². The molecule has 2 atom stereocenters. The van der Waals surface area contributed by atoms with Crippen LogP contribution in [-0.2, 0) is 4.79 Å². The van der Waals surface area contributed by atoms with E-state index in [1.165, 1.54) is 0 Å². The summed E-state index contributed by atoms with van der Waals surface area (Å²) in [5.74, 6) is -0.391. The number of carboxylic acids is 1. The molecule has 1 rings (SSSR count). The molecule has 0 radical (unpaired) electrons. The lowest BCUT2D eigenvalue weighted by Gasteiger charge is -2.13. The summed E-state index contributed by atoms with van der Waals surface area (Å²) >= 11 is 0. The van der Waals surface area contributed by atoms with E-state index in [9.17, 15) is 4.79 Å². The monoisotopic (exact) mass is 223 g/mol. The van der Waals surface area contributed by atoms with Crippen LogP contribution in [0.2, 0.25) is 0 Å². The number of benzene rings is 1. The van der Waals surface area contributed by atoms with Crippen molar-refractivity contribution >= 4 is 5.97 Å². The van der Waals surface area contributed by atoms with Gasteiger partial charge in [0.15, 0.2) is 6.10 Å². The van der Waals surface area contributed by atoms with Gasteiger partial charge in [-0.15, -0.1) is 0 Å². The maximum Gasteiger partial charge on any atom is 0.344 e. The van der Waals surface area contributed by atoms with Crippen LogP contribution in [0.4, 0.5) is 0 Å². The topological polar surface area (TPSA) is 72.5 Å². The van der Waals surface area contributed by atoms with Crippen LogP contribution in [0.25, 0.3) is 0 Å². The molecular formula is C12H17NO3. The van der Waals surface area contributed by atoms with Crippen molar-refractivity contribution in [1.29, 1.82) is 0 Å². The van der Waals surface area contributed by atoms with Crippen LogP contribution in [-0.4, -0.2) is 17.2 Å². The Labute approximate surface area is 95.0 Å². The fraction of sp³-hybridized carbons (Fsp3) is 0.417. The number of carboxylic acid groups (broad SMARTS) is 1. The first-order chi connectivity index (χ1) is 7.54. The fourth-order valence-corrected chi connectivity index (χ4v) is 1.32. The van der Waals surface area contributed by atoms with Crippen molar-refractivity contribution in [2.45, 2.75) is 32.4 Å². The molecule has 88 valence electrons. The number of ether oxygens (including phenoxy) is 1. The van der Waals surface area contributed by atoms with Gasteiger partial charge in [0.25, 0.3) is 0 Å². The van der Waals surface area contributed by atoms with Gasteiger partial charge in [-0.2, -0.15) is 0 Å². The highest BCUT2D eigenvalue weighted by molar-refractivity contribution is 5.72. The minimum absolute atomic E-state index is 0.0319. The SMILES string of the molecule is CCC(Oc1ccc([C@H](C)N)cc1)C(=O)O. The normalized spacial score (nSPS) is 14.2. The average molecular weight is 223 g/mol. The van der Waals surface area contributed by atoms with Crippen LogP contribution >= 0.6 is 0 Å². The van der Waals surface area contributed by atoms with Crippen molar-refractivity contribution in [3.05, 3.63) is 29.8 Å². The molecule has 1 aromatic carbocycles. The van der Waals surface area contributed by atoms with Crippen molar-refractivity contribution < 1.29 is 14.6 Å². The zero-order valence-corrected chi connectivity index (χ0v) is 9.51. The van der Waals surface area contributed by atoms with Crippen LogP contribution in [0.5, 0.6) is 5.75 Å². The molecule has 16 heavy (non-hydrogen) atoms. The molecule has 4 heteroatoms. The molecular weight excluding hydrogens is 206 g/mol. The minimum atomic E-state index is -0.946. The van der Waals surface area contributed by atoms with Gasteiger partial charge in [0.05, 0.1) is 0 Å². The number of nitrogens with two attached hydrogens (primary N) is 1. The highest BCUT2D eigenvalue weighted by Gasteiger charge is 2.16. The van der Waals surface area contributed by atoms with E-state index < -0.39 is 12.1 Å². The van der Waals surface area contributed by atoms with E-state index in [0.717, 1.165) is 5.56 Å². The van der Waals surface area contributed by atoms with E-state index in [4.69, 9.17) is 15.6 Å². The maximum absolute atomic E-state index is 10.8. The Balaban J connectivity index is 2.71. The Bertz CT molecular complexity index is 346. The second-order valence-corrected chi connectivity index (χ2v) is 3.71. The average Bonchev–Trinajstić information content (AvgIpc) is 2.26. The van der Waals surface area contributed by atoms with E-state index >= 15 is 0 Å². The number of rotatable bonds is 5. The number of aliphatic carboxylic acids is 1. The molecule has 0 aliphatic carbocycles. The third-order valence-electron chi connectivity index (χ3n) is 2.33. The molecule has 1 unspecified atom stereocenters. The van der Waals surface area contributed by atoms with Crippen LogP contribution in [0.1, 0.15) is 31.9 Å². The van der Waals surface area contributed by atoms with Crippen molar-refractivity contribution in [3.63, 3.8) is 0 Å². The van der Waals surface area contributed by atoms with Crippen molar-refractivity contribution in [2.75, 3.05) is 0 Å². The summed E-state index contributed by atoms with van der Waals surface area (Å²) in [6.45, 7) is 3.66. The van der Waals surface area contributed by atoms with E-state index in [2.05, 4.69) is 0 Å². The van der Waals surface area contributed by atoms with E-state index in [1.807, 2.05) is 19.1 Å². The van der Waals surface area contributed by atoms with Crippen LogP contribution in [0.3, 0.4) is 0 Å². The van der Waals surface area contributed by atoms with Crippen molar-refractivity contribution in [1.82, 2.24) is 0 Å². The molecule has 0 aliphatic rings. The first-order valence-corrected chi connectivity index (χ1v) is 5.29. The quantitative estimate of drug-likeness (QED) is 0.800. The molecule has 0 fully saturated rings. The number of hydrogen-bond acceptors (Lipinski definition) is 3. The van der Waals surface area contributed by atoms with Gasteiger partial charge in [0, 0.05) is 6.04 Å². The maximum atomic E-state index is 10.8.